The average Bonchev–Trinajstić information content (AvgIpc) is 3.12. The quantitative estimate of drug-likeness (QED) is 0.657. The van der Waals surface area contributed by atoms with Gasteiger partial charge < -0.3 is 13.9 Å². The Hall–Kier alpha value is -3.22. The van der Waals surface area contributed by atoms with E-state index in [1.54, 1.807) is 31.2 Å². The number of hydrogen-bond acceptors (Lipinski definition) is 6. The molecule has 0 amide bonds. The second kappa shape index (κ2) is 7.12. The van der Waals surface area contributed by atoms with Crippen molar-refractivity contribution in [2.75, 3.05) is 7.11 Å². The van der Waals surface area contributed by atoms with Crippen LogP contribution >= 0.6 is 0 Å². The molecule has 2 aromatic carbocycles. The fourth-order valence-electron chi connectivity index (χ4n) is 2.14. The lowest BCUT2D eigenvalue weighted by Crippen LogP contribution is -2.09. The Balaban J connectivity index is 1.72. The van der Waals surface area contributed by atoms with E-state index in [1.165, 1.54) is 31.4 Å². The monoisotopic (exact) mass is 342 g/mol. The first-order chi connectivity index (χ1) is 12.1. The van der Waals surface area contributed by atoms with E-state index in [-0.39, 0.29) is 17.6 Å². The molecule has 0 radical (unpaired) electrons. The maximum Gasteiger partial charge on any atom is 0.339 e. The van der Waals surface area contributed by atoms with Crippen LogP contribution in [0.25, 0.3) is 11.5 Å². The third-order valence-corrected chi connectivity index (χ3v) is 3.47. The Morgan fingerprint density at radius 1 is 1.16 bits per heavy atom. The smallest absolute Gasteiger partial charge is 0.339 e. The SMILES string of the molecule is COc1cccc(C(=O)O[C@@H](C)c2nnc(-c3ccc(F)cc3)o2)c1. The van der Waals surface area contributed by atoms with Gasteiger partial charge in [0.2, 0.25) is 5.89 Å². The van der Waals surface area contributed by atoms with Crippen LogP contribution in [0.1, 0.15) is 29.3 Å². The molecule has 25 heavy (non-hydrogen) atoms. The van der Waals surface area contributed by atoms with Crippen LogP contribution in [0.15, 0.2) is 52.9 Å². The van der Waals surface area contributed by atoms with Crippen molar-refractivity contribution in [2.24, 2.45) is 0 Å². The van der Waals surface area contributed by atoms with E-state index in [1.807, 2.05) is 0 Å². The Morgan fingerprint density at radius 2 is 1.92 bits per heavy atom. The first kappa shape index (κ1) is 16.6. The number of carbonyl (C=O) groups is 1. The van der Waals surface area contributed by atoms with E-state index in [4.69, 9.17) is 13.9 Å². The molecular formula is C18H15FN2O4. The lowest BCUT2D eigenvalue weighted by Gasteiger charge is -2.10. The minimum atomic E-state index is -0.736. The van der Waals surface area contributed by atoms with Crippen LogP contribution in [0.5, 0.6) is 5.75 Å². The molecule has 0 bridgehead atoms. The predicted molar refractivity (Wildman–Crippen MR) is 86.5 cm³/mol. The summed E-state index contributed by atoms with van der Waals surface area (Å²) >= 11 is 0. The molecule has 7 heteroatoms. The Bertz CT molecular complexity index is 877. The van der Waals surface area contributed by atoms with Gasteiger partial charge in [0.15, 0.2) is 6.10 Å². The van der Waals surface area contributed by atoms with Gasteiger partial charge in [-0.15, -0.1) is 10.2 Å². The third kappa shape index (κ3) is 3.82. The molecule has 0 N–H and O–H groups in total. The second-order valence-corrected chi connectivity index (χ2v) is 5.23. The lowest BCUT2D eigenvalue weighted by atomic mass is 10.2. The lowest BCUT2D eigenvalue weighted by molar-refractivity contribution is 0.0279. The van der Waals surface area contributed by atoms with Crippen LogP contribution in [0.2, 0.25) is 0 Å². The third-order valence-electron chi connectivity index (χ3n) is 3.47. The first-order valence-electron chi connectivity index (χ1n) is 7.51. The summed E-state index contributed by atoms with van der Waals surface area (Å²) in [6, 6.07) is 12.3. The normalized spacial score (nSPS) is 11.8. The van der Waals surface area contributed by atoms with E-state index in [2.05, 4.69) is 10.2 Å². The summed E-state index contributed by atoms with van der Waals surface area (Å²) in [6.45, 7) is 1.63. The van der Waals surface area contributed by atoms with Gasteiger partial charge in [-0.3, -0.25) is 0 Å². The minimum Gasteiger partial charge on any atom is -0.497 e. The topological polar surface area (TPSA) is 74.5 Å². The Labute approximate surface area is 143 Å². The van der Waals surface area contributed by atoms with E-state index < -0.39 is 12.1 Å². The standard InChI is InChI=1S/C18H15FN2O4/c1-11(24-18(22)13-4-3-5-15(10-13)23-2)16-20-21-17(25-16)12-6-8-14(19)9-7-12/h3-11H,1-2H3/t11-/m0/s1. The molecule has 0 aliphatic rings. The number of methoxy groups -OCH3 is 1. The molecule has 6 nitrogen and oxygen atoms in total. The van der Waals surface area contributed by atoms with Crippen molar-refractivity contribution in [3.8, 4) is 17.2 Å². The van der Waals surface area contributed by atoms with E-state index in [0.717, 1.165) is 0 Å². The van der Waals surface area contributed by atoms with E-state index >= 15 is 0 Å². The van der Waals surface area contributed by atoms with Gasteiger partial charge in [0.1, 0.15) is 11.6 Å². The van der Waals surface area contributed by atoms with Crippen LogP contribution in [0.3, 0.4) is 0 Å². The van der Waals surface area contributed by atoms with Crippen molar-refractivity contribution < 1.29 is 23.1 Å². The minimum absolute atomic E-state index is 0.149. The highest BCUT2D eigenvalue weighted by molar-refractivity contribution is 5.89. The molecule has 0 aliphatic carbocycles. The van der Waals surface area contributed by atoms with Gasteiger partial charge in [0, 0.05) is 5.56 Å². The van der Waals surface area contributed by atoms with Crippen molar-refractivity contribution in [3.05, 3.63) is 65.8 Å². The zero-order valence-corrected chi connectivity index (χ0v) is 13.6. The van der Waals surface area contributed by atoms with Gasteiger partial charge in [-0.25, -0.2) is 9.18 Å². The highest BCUT2D eigenvalue weighted by atomic mass is 19.1. The molecule has 128 valence electrons. The largest absolute Gasteiger partial charge is 0.497 e. The molecule has 0 fully saturated rings. The van der Waals surface area contributed by atoms with Crippen molar-refractivity contribution in [2.45, 2.75) is 13.0 Å². The highest BCUT2D eigenvalue weighted by Gasteiger charge is 2.20. The molecule has 3 aromatic rings. The maximum absolute atomic E-state index is 13.0. The molecule has 0 saturated heterocycles. The molecule has 0 spiro atoms. The van der Waals surface area contributed by atoms with Crippen molar-refractivity contribution in [3.63, 3.8) is 0 Å². The van der Waals surface area contributed by atoms with Crippen LogP contribution in [-0.2, 0) is 4.74 Å². The Morgan fingerprint density at radius 3 is 2.64 bits per heavy atom. The Kier molecular flexibility index (Phi) is 4.74. The molecule has 0 unspecified atom stereocenters. The molecule has 1 aromatic heterocycles. The fourth-order valence-corrected chi connectivity index (χ4v) is 2.14. The van der Waals surface area contributed by atoms with Gasteiger partial charge in [-0.2, -0.15) is 0 Å². The summed E-state index contributed by atoms with van der Waals surface area (Å²) in [6.07, 6.45) is -0.736. The molecule has 3 rings (SSSR count). The number of aromatic nitrogens is 2. The number of rotatable bonds is 5. The number of nitrogens with zero attached hydrogens (tertiary/aromatic N) is 2. The van der Waals surface area contributed by atoms with E-state index in [0.29, 0.717) is 16.9 Å². The maximum atomic E-state index is 13.0. The molecular weight excluding hydrogens is 327 g/mol. The van der Waals surface area contributed by atoms with Crippen LogP contribution in [-0.4, -0.2) is 23.3 Å². The van der Waals surface area contributed by atoms with Crippen molar-refractivity contribution >= 4 is 5.97 Å². The highest BCUT2D eigenvalue weighted by Crippen LogP contribution is 2.24. The zero-order chi connectivity index (χ0) is 17.8. The van der Waals surface area contributed by atoms with Crippen molar-refractivity contribution in [1.82, 2.24) is 10.2 Å². The molecule has 0 saturated carbocycles. The van der Waals surface area contributed by atoms with Gasteiger partial charge in [-0.05, 0) is 49.4 Å². The number of halogens is 1. The summed E-state index contributed by atoms with van der Waals surface area (Å²) in [4.78, 5) is 12.2. The number of esters is 1. The van der Waals surface area contributed by atoms with Gasteiger partial charge >= 0.3 is 5.97 Å². The van der Waals surface area contributed by atoms with Gasteiger partial charge in [0.05, 0.1) is 12.7 Å². The van der Waals surface area contributed by atoms with Crippen molar-refractivity contribution in [1.29, 1.82) is 0 Å². The van der Waals surface area contributed by atoms with E-state index in [9.17, 15) is 9.18 Å². The first-order valence-corrected chi connectivity index (χ1v) is 7.51. The molecule has 1 atom stereocenters. The fraction of sp³-hybridized carbons (Fsp3) is 0.167. The number of benzene rings is 2. The summed E-state index contributed by atoms with van der Waals surface area (Å²) in [7, 11) is 1.52. The average molecular weight is 342 g/mol. The zero-order valence-electron chi connectivity index (χ0n) is 13.6. The van der Waals surface area contributed by atoms with Crippen LogP contribution in [0.4, 0.5) is 4.39 Å². The molecule has 0 aliphatic heterocycles. The van der Waals surface area contributed by atoms with Gasteiger partial charge in [-0.1, -0.05) is 6.07 Å². The summed E-state index contributed by atoms with van der Waals surface area (Å²) in [5.74, 6) is 0.0327. The van der Waals surface area contributed by atoms with Crippen LogP contribution < -0.4 is 4.74 Å². The number of carbonyl (C=O) groups excluding carboxylic acids is 1. The predicted octanol–water partition coefficient (Wildman–Crippen LogP) is 3.80. The van der Waals surface area contributed by atoms with Gasteiger partial charge in [0.25, 0.3) is 5.89 Å². The number of hydrogen-bond donors (Lipinski definition) is 0. The van der Waals surface area contributed by atoms with Crippen LogP contribution in [0, 0.1) is 5.82 Å². The number of ether oxygens (including phenoxy) is 2. The summed E-state index contributed by atoms with van der Waals surface area (Å²) in [5.41, 5.74) is 0.927. The summed E-state index contributed by atoms with van der Waals surface area (Å²) in [5, 5.41) is 7.78. The molecule has 1 heterocycles. The summed E-state index contributed by atoms with van der Waals surface area (Å²) < 4.78 is 28.9. The second-order valence-electron chi connectivity index (χ2n) is 5.23.